The Hall–Kier alpha value is -1.11. The van der Waals surface area contributed by atoms with Gasteiger partial charge in [0.2, 0.25) is 0 Å². The first kappa shape index (κ1) is 14.0. The van der Waals surface area contributed by atoms with Gasteiger partial charge in [-0.05, 0) is 11.6 Å². The lowest BCUT2D eigenvalue weighted by atomic mass is 10.2. The molecule has 0 aliphatic rings. The van der Waals surface area contributed by atoms with Crippen molar-refractivity contribution in [1.29, 1.82) is 0 Å². The molecule has 0 aliphatic heterocycles. The van der Waals surface area contributed by atoms with Crippen LogP contribution < -0.4 is 5.32 Å². The molecule has 1 amide bonds. The third kappa shape index (κ3) is 3.42. The molecule has 0 unspecified atom stereocenters. The molecular weight excluding hydrogens is 306 g/mol. The monoisotopic (exact) mass is 313 g/mol. The Labute approximate surface area is 103 Å². The molecule has 0 aromatic heterocycles. The number of benzene rings is 1. The van der Waals surface area contributed by atoms with Gasteiger partial charge in [-0.3, -0.25) is 4.79 Å². The van der Waals surface area contributed by atoms with Gasteiger partial charge in [-0.1, -0.05) is 34.1 Å². The van der Waals surface area contributed by atoms with E-state index in [0.29, 0.717) is 10.0 Å². The quantitative estimate of drug-likeness (QED) is 0.851. The topological polar surface area (TPSA) is 29.1 Å². The van der Waals surface area contributed by atoms with E-state index >= 15 is 0 Å². The van der Waals surface area contributed by atoms with Crippen molar-refractivity contribution in [3.8, 4) is 0 Å². The highest BCUT2D eigenvalue weighted by Crippen LogP contribution is 2.23. The van der Waals surface area contributed by atoms with Crippen molar-refractivity contribution in [2.45, 2.75) is 18.9 Å². The number of carbonyl (C=O) groups is 1. The van der Waals surface area contributed by atoms with Gasteiger partial charge in [-0.25, -0.2) is 8.78 Å². The third-order valence-corrected chi connectivity index (χ3v) is 2.75. The summed E-state index contributed by atoms with van der Waals surface area (Å²) in [6, 6.07) is 6.55. The summed E-state index contributed by atoms with van der Waals surface area (Å²) < 4.78 is 49.4. The molecule has 0 radical (unpaired) electrons. The lowest BCUT2D eigenvalue weighted by Gasteiger charge is -2.15. The largest absolute Gasteiger partial charge is 0.383 e. The summed E-state index contributed by atoms with van der Waals surface area (Å²) in [7, 11) is 0. The van der Waals surface area contributed by atoms with Crippen LogP contribution in [0.5, 0.6) is 0 Å². The number of hydrogen-bond donors (Lipinski definition) is 1. The molecule has 0 bridgehead atoms. The zero-order valence-electron chi connectivity index (χ0n) is 8.39. The van der Waals surface area contributed by atoms with Crippen molar-refractivity contribution in [2.24, 2.45) is 0 Å². The number of alkyl halides is 4. The van der Waals surface area contributed by atoms with Gasteiger partial charge in [0.25, 0.3) is 5.91 Å². The summed E-state index contributed by atoms with van der Waals surface area (Å²) in [5.74, 6) is -6.65. The van der Waals surface area contributed by atoms with Crippen molar-refractivity contribution in [1.82, 2.24) is 5.32 Å². The molecule has 0 saturated carbocycles. The van der Waals surface area contributed by atoms with Gasteiger partial charge in [0.05, 0.1) is 0 Å². The molecule has 2 nitrogen and oxygen atoms in total. The Morgan fingerprint density at radius 1 is 1.35 bits per heavy atom. The summed E-state index contributed by atoms with van der Waals surface area (Å²) in [5.41, 5.74) is 0.519. The van der Waals surface area contributed by atoms with Crippen LogP contribution in [0.1, 0.15) is 5.56 Å². The average Bonchev–Trinajstić information content (AvgIpc) is 2.27. The molecule has 0 saturated heterocycles. The Kier molecular flexibility index (Phi) is 4.50. The summed E-state index contributed by atoms with van der Waals surface area (Å²) in [6.45, 7) is -0.247. The Balaban J connectivity index is 2.64. The first-order valence-electron chi connectivity index (χ1n) is 4.53. The predicted molar refractivity (Wildman–Crippen MR) is 56.9 cm³/mol. The number of amides is 1. The second-order valence-electron chi connectivity index (χ2n) is 3.20. The molecule has 1 rings (SSSR count). The molecule has 1 aromatic rings. The molecule has 17 heavy (non-hydrogen) atoms. The van der Waals surface area contributed by atoms with E-state index < -0.39 is 18.3 Å². The maximum Gasteiger partial charge on any atom is 0.383 e. The van der Waals surface area contributed by atoms with E-state index in [-0.39, 0.29) is 6.54 Å². The van der Waals surface area contributed by atoms with Crippen LogP contribution in [0.3, 0.4) is 0 Å². The van der Waals surface area contributed by atoms with E-state index in [9.17, 15) is 22.4 Å². The zero-order chi connectivity index (χ0) is 13.1. The zero-order valence-corrected chi connectivity index (χ0v) is 9.98. The third-order valence-electron chi connectivity index (χ3n) is 1.97. The summed E-state index contributed by atoms with van der Waals surface area (Å²) in [5, 5.41) is 1.76. The van der Waals surface area contributed by atoms with Gasteiger partial charge in [0.15, 0.2) is 0 Å². The molecule has 0 spiro atoms. The van der Waals surface area contributed by atoms with Crippen molar-refractivity contribution in [2.75, 3.05) is 0 Å². The van der Waals surface area contributed by atoms with Crippen LogP contribution in [0.15, 0.2) is 28.7 Å². The maximum absolute atomic E-state index is 12.6. The Bertz CT molecular complexity index is 411. The van der Waals surface area contributed by atoms with Crippen molar-refractivity contribution in [3.05, 3.63) is 34.3 Å². The van der Waals surface area contributed by atoms with Crippen LogP contribution >= 0.6 is 15.9 Å². The normalized spacial score (nSPS) is 11.6. The second-order valence-corrected chi connectivity index (χ2v) is 4.05. The van der Waals surface area contributed by atoms with E-state index in [0.717, 1.165) is 0 Å². The van der Waals surface area contributed by atoms with Gasteiger partial charge >= 0.3 is 12.3 Å². The van der Waals surface area contributed by atoms with Gasteiger partial charge < -0.3 is 5.32 Å². The first-order chi connectivity index (χ1) is 7.85. The van der Waals surface area contributed by atoms with Crippen molar-refractivity contribution < 1.29 is 22.4 Å². The number of rotatable bonds is 4. The lowest BCUT2D eigenvalue weighted by molar-refractivity contribution is -0.169. The number of carbonyl (C=O) groups excluding carboxylic acids is 1. The van der Waals surface area contributed by atoms with E-state index in [1.807, 2.05) is 0 Å². The molecule has 0 fully saturated rings. The maximum atomic E-state index is 12.6. The number of nitrogens with one attached hydrogen (secondary N) is 1. The minimum absolute atomic E-state index is 0.247. The SMILES string of the molecule is O=C(NCc1ccccc1Br)C(F)(F)C(F)F. The fourth-order valence-electron chi connectivity index (χ4n) is 1.03. The van der Waals surface area contributed by atoms with E-state index in [2.05, 4.69) is 15.9 Å². The predicted octanol–water partition coefficient (Wildman–Crippen LogP) is 2.97. The molecule has 94 valence electrons. The summed E-state index contributed by atoms with van der Waals surface area (Å²) in [6.07, 6.45) is -4.01. The minimum Gasteiger partial charge on any atom is -0.347 e. The first-order valence-corrected chi connectivity index (χ1v) is 5.32. The average molecular weight is 314 g/mol. The molecular formula is C10H8BrF4NO. The number of hydrogen-bond acceptors (Lipinski definition) is 1. The fraction of sp³-hybridized carbons (Fsp3) is 0.300. The van der Waals surface area contributed by atoms with Crippen LogP contribution in [0, 0.1) is 0 Å². The highest BCUT2D eigenvalue weighted by Gasteiger charge is 2.48. The fourth-order valence-corrected chi connectivity index (χ4v) is 1.46. The smallest absolute Gasteiger partial charge is 0.347 e. The van der Waals surface area contributed by atoms with Crippen molar-refractivity contribution >= 4 is 21.8 Å². The van der Waals surface area contributed by atoms with Crippen LogP contribution in [-0.2, 0) is 11.3 Å². The van der Waals surface area contributed by atoms with Gasteiger partial charge in [-0.2, -0.15) is 8.78 Å². The van der Waals surface area contributed by atoms with Gasteiger partial charge in [-0.15, -0.1) is 0 Å². The van der Waals surface area contributed by atoms with E-state index in [1.165, 1.54) is 0 Å². The standard InChI is InChI=1S/C10H8BrF4NO/c11-7-4-2-1-3-6(7)5-16-9(17)10(14,15)8(12)13/h1-4,8H,5H2,(H,16,17). The number of halogens is 5. The molecule has 1 aromatic carbocycles. The van der Waals surface area contributed by atoms with Gasteiger partial charge in [0.1, 0.15) is 0 Å². The lowest BCUT2D eigenvalue weighted by Crippen LogP contribution is -2.44. The molecule has 0 heterocycles. The second kappa shape index (κ2) is 5.48. The Morgan fingerprint density at radius 2 is 1.94 bits per heavy atom. The molecule has 7 heteroatoms. The van der Waals surface area contributed by atoms with Crippen molar-refractivity contribution in [3.63, 3.8) is 0 Å². The van der Waals surface area contributed by atoms with Crippen LogP contribution in [0.4, 0.5) is 17.6 Å². The van der Waals surface area contributed by atoms with E-state index in [1.54, 1.807) is 29.6 Å². The van der Waals surface area contributed by atoms with Gasteiger partial charge in [0, 0.05) is 11.0 Å². The summed E-state index contributed by atoms with van der Waals surface area (Å²) >= 11 is 3.14. The minimum atomic E-state index is -4.67. The van der Waals surface area contributed by atoms with Crippen LogP contribution in [0.25, 0.3) is 0 Å². The molecule has 0 aliphatic carbocycles. The van der Waals surface area contributed by atoms with Crippen LogP contribution in [-0.4, -0.2) is 18.3 Å². The highest BCUT2D eigenvalue weighted by molar-refractivity contribution is 9.10. The molecule has 1 N–H and O–H groups in total. The highest BCUT2D eigenvalue weighted by atomic mass is 79.9. The van der Waals surface area contributed by atoms with E-state index in [4.69, 9.17) is 0 Å². The summed E-state index contributed by atoms with van der Waals surface area (Å²) in [4.78, 5) is 10.8. The Morgan fingerprint density at radius 3 is 2.47 bits per heavy atom. The molecule has 0 atom stereocenters. The van der Waals surface area contributed by atoms with Crippen LogP contribution in [0.2, 0.25) is 0 Å².